The summed E-state index contributed by atoms with van der Waals surface area (Å²) >= 11 is 0. The summed E-state index contributed by atoms with van der Waals surface area (Å²) in [4.78, 5) is 23.8. The predicted molar refractivity (Wildman–Crippen MR) is 68.0 cm³/mol. The highest BCUT2D eigenvalue weighted by Crippen LogP contribution is 2.04. The van der Waals surface area contributed by atoms with Crippen molar-refractivity contribution in [2.24, 2.45) is 0 Å². The predicted octanol–water partition coefficient (Wildman–Crippen LogP) is 1.31. The molecule has 2 aromatic heterocycles. The van der Waals surface area contributed by atoms with Gasteiger partial charge in [-0.15, -0.1) is 0 Å². The van der Waals surface area contributed by atoms with Crippen LogP contribution in [0.15, 0.2) is 43.0 Å². The van der Waals surface area contributed by atoms with Gasteiger partial charge in [-0.25, -0.2) is 9.97 Å². The van der Waals surface area contributed by atoms with Crippen LogP contribution in [-0.4, -0.2) is 26.9 Å². The summed E-state index contributed by atoms with van der Waals surface area (Å²) < 4.78 is 0. The average molecular weight is 243 g/mol. The normalized spacial score (nSPS) is 11.6. The Balaban J connectivity index is 1.93. The van der Waals surface area contributed by atoms with E-state index in [4.69, 9.17) is 0 Å². The number of hydrogen-bond acceptors (Lipinski definition) is 5. The molecule has 0 bridgehead atoms. The number of aromatic nitrogens is 3. The first-order valence-corrected chi connectivity index (χ1v) is 5.50. The quantitative estimate of drug-likeness (QED) is 0.846. The van der Waals surface area contributed by atoms with Crippen LogP contribution in [-0.2, 0) is 4.79 Å². The zero-order valence-electron chi connectivity index (χ0n) is 9.87. The third-order valence-corrected chi connectivity index (χ3v) is 2.24. The van der Waals surface area contributed by atoms with Gasteiger partial charge in [0.25, 0.3) is 0 Å². The lowest BCUT2D eigenvalue weighted by molar-refractivity contribution is -0.116. The summed E-state index contributed by atoms with van der Waals surface area (Å²) in [7, 11) is 0. The smallest absolute Gasteiger partial charge is 0.247 e. The first-order chi connectivity index (χ1) is 8.75. The third-order valence-electron chi connectivity index (χ3n) is 2.24. The minimum Gasteiger partial charge on any atom is -0.359 e. The summed E-state index contributed by atoms with van der Waals surface area (Å²) in [6, 6.07) is 5.05. The Hall–Kier alpha value is -2.50. The molecular formula is C12H13N5O. The number of nitrogens with zero attached hydrogens (tertiary/aromatic N) is 3. The maximum absolute atomic E-state index is 11.8. The fourth-order valence-corrected chi connectivity index (χ4v) is 1.33. The van der Waals surface area contributed by atoms with Crippen molar-refractivity contribution in [3.05, 3.63) is 43.0 Å². The van der Waals surface area contributed by atoms with Crippen molar-refractivity contribution in [3.8, 4) is 0 Å². The van der Waals surface area contributed by atoms with Gasteiger partial charge in [0.2, 0.25) is 5.91 Å². The molecule has 2 aromatic rings. The fourth-order valence-electron chi connectivity index (χ4n) is 1.33. The summed E-state index contributed by atoms with van der Waals surface area (Å²) in [5.41, 5.74) is 0. The number of anilines is 2. The maximum atomic E-state index is 11.8. The minimum atomic E-state index is -0.415. The van der Waals surface area contributed by atoms with Crippen LogP contribution < -0.4 is 10.6 Å². The standard InChI is InChI=1S/C12H13N5O/c1-9(16-10-4-2-3-5-14-10)12(18)17-11-8-13-6-7-15-11/h2-9H,1H3,(H,14,16)(H,15,17,18)/t9-/m1/s1. The van der Waals surface area contributed by atoms with E-state index in [0.29, 0.717) is 11.6 Å². The molecule has 6 heteroatoms. The lowest BCUT2D eigenvalue weighted by atomic mass is 10.3. The second kappa shape index (κ2) is 5.72. The summed E-state index contributed by atoms with van der Waals surface area (Å²) in [6.45, 7) is 1.75. The Bertz CT molecular complexity index is 502. The van der Waals surface area contributed by atoms with E-state index in [9.17, 15) is 4.79 Å². The first-order valence-electron chi connectivity index (χ1n) is 5.50. The van der Waals surface area contributed by atoms with Gasteiger partial charge < -0.3 is 10.6 Å². The minimum absolute atomic E-state index is 0.193. The third kappa shape index (κ3) is 3.24. The molecule has 6 nitrogen and oxygen atoms in total. The molecule has 0 aliphatic rings. The number of amides is 1. The van der Waals surface area contributed by atoms with Gasteiger partial charge in [0.1, 0.15) is 11.9 Å². The number of carbonyl (C=O) groups excluding carboxylic acids is 1. The van der Waals surface area contributed by atoms with Crippen LogP contribution in [0.4, 0.5) is 11.6 Å². The van der Waals surface area contributed by atoms with Crippen LogP contribution in [0.2, 0.25) is 0 Å². The van der Waals surface area contributed by atoms with E-state index in [1.165, 1.54) is 12.4 Å². The number of pyridine rings is 1. The van der Waals surface area contributed by atoms with E-state index >= 15 is 0 Å². The van der Waals surface area contributed by atoms with Gasteiger partial charge in [-0.3, -0.25) is 9.78 Å². The average Bonchev–Trinajstić information content (AvgIpc) is 2.41. The van der Waals surface area contributed by atoms with Crippen LogP contribution in [0.3, 0.4) is 0 Å². The molecule has 0 aromatic carbocycles. The van der Waals surface area contributed by atoms with Crippen LogP contribution in [0.1, 0.15) is 6.92 Å². The highest BCUT2D eigenvalue weighted by molar-refractivity contribution is 5.95. The maximum Gasteiger partial charge on any atom is 0.247 e. The molecule has 1 atom stereocenters. The molecule has 92 valence electrons. The first kappa shape index (κ1) is 12.0. The number of rotatable bonds is 4. The molecule has 1 amide bonds. The molecular weight excluding hydrogens is 230 g/mol. The Morgan fingerprint density at radius 3 is 2.67 bits per heavy atom. The van der Waals surface area contributed by atoms with Crippen molar-refractivity contribution in [2.45, 2.75) is 13.0 Å². The molecule has 0 saturated heterocycles. The van der Waals surface area contributed by atoms with E-state index in [-0.39, 0.29) is 5.91 Å². The molecule has 0 radical (unpaired) electrons. The van der Waals surface area contributed by atoms with Crippen LogP contribution in [0.25, 0.3) is 0 Å². The Labute approximate surface area is 105 Å². The highest BCUT2D eigenvalue weighted by Gasteiger charge is 2.13. The monoisotopic (exact) mass is 243 g/mol. The lowest BCUT2D eigenvalue weighted by Crippen LogP contribution is -2.32. The van der Waals surface area contributed by atoms with Gasteiger partial charge in [-0.2, -0.15) is 0 Å². The van der Waals surface area contributed by atoms with Crippen molar-refractivity contribution in [3.63, 3.8) is 0 Å². The summed E-state index contributed by atoms with van der Waals surface area (Å²) in [5.74, 6) is 0.887. The molecule has 0 aliphatic heterocycles. The molecule has 2 rings (SSSR count). The van der Waals surface area contributed by atoms with E-state index in [0.717, 1.165) is 0 Å². The van der Waals surface area contributed by atoms with Crippen LogP contribution in [0.5, 0.6) is 0 Å². The van der Waals surface area contributed by atoms with Crippen molar-refractivity contribution in [1.82, 2.24) is 15.0 Å². The van der Waals surface area contributed by atoms with E-state index < -0.39 is 6.04 Å². The molecule has 18 heavy (non-hydrogen) atoms. The van der Waals surface area contributed by atoms with Gasteiger partial charge in [-0.05, 0) is 19.1 Å². The Morgan fingerprint density at radius 2 is 2.00 bits per heavy atom. The SMILES string of the molecule is C[C@@H](Nc1ccccn1)C(=O)Nc1cnccn1. The molecule has 0 unspecified atom stereocenters. The van der Waals surface area contributed by atoms with Crippen molar-refractivity contribution in [1.29, 1.82) is 0 Å². The zero-order chi connectivity index (χ0) is 12.8. The number of nitrogens with one attached hydrogen (secondary N) is 2. The van der Waals surface area contributed by atoms with Gasteiger partial charge in [-0.1, -0.05) is 6.07 Å². The van der Waals surface area contributed by atoms with Crippen molar-refractivity contribution < 1.29 is 4.79 Å². The van der Waals surface area contributed by atoms with Gasteiger partial charge in [0.15, 0.2) is 5.82 Å². The largest absolute Gasteiger partial charge is 0.359 e. The number of carbonyl (C=O) groups is 1. The molecule has 2 heterocycles. The molecule has 0 spiro atoms. The van der Waals surface area contributed by atoms with E-state index in [1.807, 2.05) is 12.1 Å². The van der Waals surface area contributed by atoms with Crippen LogP contribution >= 0.6 is 0 Å². The fraction of sp³-hybridized carbons (Fsp3) is 0.167. The molecule has 0 saturated carbocycles. The van der Waals surface area contributed by atoms with E-state index in [2.05, 4.69) is 25.6 Å². The molecule has 0 aliphatic carbocycles. The van der Waals surface area contributed by atoms with Crippen molar-refractivity contribution >= 4 is 17.5 Å². The van der Waals surface area contributed by atoms with Gasteiger partial charge in [0, 0.05) is 18.6 Å². The zero-order valence-corrected chi connectivity index (χ0v) is 9.87. The number of hydrogen-bond donors (Lipinski definition) is 2. The second-order valence-corrected chi connectivity index (χ2v) is 3.66. The van der Waals surface area contributed by atoms with Crippen molar-refractivity contribution in [2.75, 3.05) is 10.6 Å². The highest BCUT2D eigenvalue weighted by atomic mass is 16.2. The topological polar surface area (TPSA) is 79.8 Å². The van der Waals surface area contributed by atoms with E-state index in [1.54, 1.807) is 25.4 Å². The lowest BCUT2D eigenvalue weighted by Gasteiger charge is -2.13. The summed E-state index contributed by atoms with van der Waals surface area (Å²) in [6.07, 6.45) is 6.22. The van der Waals surface area contributed by atoms with Crippen LogP contribution in [0, 0.1) is 0 Å². The van der Waals surface area contributed by atoms with Gasteiger partial charge >= 0.3 is 0 Å². The summed E-state index contributed by atoms with van der Waals surface area (Å²) in [5, 5.41) is 5.65. The Kier molecular flexibility index (Phi) is 3.80. The van der Waals surface area contributed by atoms with Gasteiger partial charge in [0.05, 0.1) is 6.20 Å². The Morgan fingerprint density at radius 1 is 1.17 bits per heavy atom. The molecule has 2 N–H and O–H groups in total. The second-order valence-electron chi connectivity index (χ2n) is 3.66. The molecule has 0 fully saturated rings.